The number of carbonyl (C=O) groups excluding carboxylic acids is 2. The predicted molar refractivity (Wildman–Crippen MR) is 68.1 cm³/mol. The second-order valence-electron chi connectivity index (χ2n) is 3.79. The topological polar surface area (TPSA) is 76.7 Å². The average Bonchev–Trinajstić information content (AvgIpc) is 2.37. The first kappa shape index (κ1) is 16.6. The molecule has 0 fully saturated rings. The lowest BCUT2D eigenvalue weighted by atomic mass is 10.2. The van der Waals surface area contributed by atoms with E-state index in [1.54, 1.807) is 27.0 Å². The third-order valence-electron chi connectivity index (χ3n) is 2.34. The minimum absolute atomic E-state index is 0.101. The molecule has 0 saturated heterocycles. The fraction of sp³-hybridized carbons (Fsp3) is 0.667. The van der Waals surface area contributed by atoms with Crippen molar-refractivity contribution in [1.82, 2.24) is 10.6 Å². The largest absolute Gasteiger partial charge is 0.466 e. The highest BCUT2D eigenvalue weighted by Crippen LogP contribution is 1.94. The summed E-state index contributed by atoms with van der Waals surface area (Å²) in [6.45, 7) is 4.82. The number of nitrogens with one attached hydrogen (secondary N) is 2. The molecular formula is C12H22N2O4. The third-order valence-corrected chi connectivity index (χ3v) is 2.34. The quantitative estimate of drug-likeness (QED) is 0.359. The fourth-order valence-electron chi connectivity index (χ4n) is 1.16. The Labute approximate surface area is 108 Å². The number of rotatable bonds is 8. The first-order chi connectivity index (χ1) is 8.52. The smallest absolute Gasteiger partial charge is 0.333 e. The fourth-order valence-corrected chi connectivity index (χ4v) is 1.16. The highest BCUT2D eigenvalue weighted by Gasteiger charge is 2.10. The molecule has 0 aliphatic carbocycles. The van der Waals surface area contributed by atoms with Crippen LogP contribution in [0, 0.1) is 0 Å². The minimum Gasteiger partial charge on any atom is -0.466 e. The summed E-state index contributed by atoms with van der Waals surface area (Å²) in [5, 5.41) is 5.70. The van der Waals surface area contributed by atoms with E-state index in [4.69, 9.17) is 4.74 Å². The van der Waals surface area contributed by atoms with Crippen molar-refractivity contribution in [2.75, 3.05) is 33.9 Å². The molecule has 2 N–H and O–H groups in total. The highest BCUT2D eigenvalue weighted by atomic mass is 16.5. The Morgan fingerprint density at radius 2 is 2.00 bits per heavy atom. The van der Waals surface area contributed by atoms with Gasteiger partial charge in [0.05, 0.1) is 19.8 Å². The average molecular weight is 258 g/mol. The first-order valence-electron chi connectivity index (χ1n) is 5.78. The monoisotopic (exact) mass is 258 g/mol. The number of methoxy groups -OCH3 is 2. The van der Waals surface area contributed by atoms with E-state index in [-0.39, 0.29) is 17.9 Å². The summed E-state index contributed by atoms with van der Waals surface area (Å²) in [4.78, 5) is 22.6. The Hall–Kier alpha value is -1.40. The normalized spacial score (nSPS) is 13.0. The van der Waals surface area contributed by atoms with Crippen molar-refractivity contribution in [3.63, 3.8) is 0 Å². The molecule has 6 heteroatoms. The Balaban J connectivity index is 3.92. The number of carbonyl (C=O) groups is 2. The second kappa shape index (κ2) is 9.61. The van der Waals surface area contributed by atoms with Gasteiger partial charge in [0.15, 0.2) is 0 Å². The molecule has 0 aromatic heterocycles. The molecule has 0 radical (unpaired) electrons. The summed E-state index contributed by atoms with van der Waals surface area (Å²) < 4.78 is 9.38. The van der Waals surface area contributed by atoms with Gasteiger partial charge in [0.25, 0.3) is 0 Å². The molecule has 0 aliphatic heterocycles. The Kier molecular flexibility index (Phi) is 8.86. The maximum Gasteiger partial charge on any atom is 0.333 e. The number of hydrogen-bond acceptors (Lipinski definition) is 5. The van der Waals surface area contributed by atoms with Gasteiger partial charge in [0.2, 0.25) is 5.91 Å². The van der Waals surface area contributed by atoms with Gasteiger partial charge >= 0.3 is 5.97 Å². The molecule has 0 aromatic rings. The Bertz CT molecular complexity index is 302. The van der Waals surface area contributed by atoms with Gasteiger partial charge in [0.1, 0.15) is 0 Å². The zero-order valence-corrected chi connectivity index (χ0v) is 11.4. The lowest BCUT2D eigenvalue weighted by molar-refractivity contribution is -0.136. The van der Waals surface area contributed by atoms with Crippen molar-refractivity contribution in [3.05, 3.63) is 11.6 Å². The van der Waals surface area contributed by atoms with Gasteiger partial charge in [-0.1, -0.05) is 6.08 Å². The van der Waals surface area contributed by atoms with Crippen molar-refractivity contribution in [2.24, 2.45) is 0 Å². The van der Waals surface area contributed by atoms with Crippen LogP contribution in [0.5, 0.6) is 0 Å². The minimum atomic E-state index is -0.367. The molecule has 0 spiro atoms. The van der Waals surface area contributed by atoms with Crippen LogP contribution in [0.15, 0.2) is 11.6 Å². The van der Waals surface area contributed by atoms with Crippen molar-refractivity contribution in [1.29, 1.82) is 0 Å². The zero-order valence-electron chi connectivity index (χ0n) is 11.4. The van der Waals surface area contributed by atoms with Gasteiger partial charge < -0.3 is 20.1 Å². The lowest BCUT2D eigenvalue weighted by Gasteiger charge is -2.12. The van der Waals surface area contributed by atoms with Crippen LogP contribution in [-0.4, -0.2) is 51.8 Å². The molecule has 1 unspecified atom stereocenters. The van der Waals surface area contributed by atoms with Crippen molar-refractivity contribution in [2.45, 2.75) is 19.9 Å². The molecule has 0 heterocycles. The SMILES string of the molecule is COCCNC(=O)C(C)NC/C=C(/C)C(=O)OC. The molecule has 1 atom stereocenters. The van der Waals surface area contributed by atoms with Crippen molar-refractivity contribution in [3.8, 4) is 0 Å². The molecule has 18 heavy (non-hydrogen) atoms. The maximum absolute atomic E-state index is 11.5. The number of hydrogen-bond donors (Lipinski definition) is 2. The summed E-state index contributed by atoms with van der Waals surface area (Å²) in [7, 11) is 2.91. The van der Waals surface area contributed by atoms with Crippen LogP contribution >= 0.6 is 0 Å². The van der Waals surface area contributed by atoms with Crippen LogP contribution in [0.2, 0.25) is 0 Å². The van der Waals surface area contributed by atoms with E-state index in [1.165, 1.54) is 7.11 Å². The molecule has 0 saturated carbocycles. The van der Waals surface area contributed by atoms with Gasteiger partial charge in [0, 0.05) is 25.8 Å². The molecule has 0 bridgehead atoms. The van der Waals surface area contributed by atoms with Crippen LogP contribution in [0.3, 0.4) is 0 Å². The van der Waals surface area contributed by atoms with E-state index in [1.807, 2.05) is 0 Å². The van der Waals surface area contributed by atoms with Gasteiger partial charge in [-0.25, -0.2) is 4.79 Å². The van der Waals surface area contributed by atoms with Crippen LogP contribution in [0.4, 0.5) is 0 Å². The summed E-state index contributed by atoms with van der Waals surface area (Å²) in [5.74, 6) is -0.467. The molecular weight excluding hydrogens is 236 g/mol. The van der Waals surface area contributed by atoms with E-state index in [0.717, 1.165) is 0 Å². The van der Waals surface area contributed by atoms with E-state index in [0.29, 0.717) is 25.3 Å². The molecule has 6 nitrogen and oxygen atoms in total. The van der Waals surface area contributed by atoms with Crippen LogP contribution in [0.1, 0.15) is 13.8 Å². The van der Waals surface area contributed by atoms with Gasteiger partial charge in [-0.05, 0) is 13.8 Å². The van der Waals surface area contributed by atoms with E-state index >= 15 is 0 Å². The second-order valence-corrected chi connectivity index (χ2v) is 3.79. The zero-order chi connectivity index (χ0) is 14.0. The van der Waals surface area contributed by atoms with Crippen LogP contribution in [-0.2, 0) is 19.1 Å². The molecule has 0 rings (SSSR count). The Morgan fingerprint density at radius 1 is 1.33 bits per heavy atom. The van der Waals surface area contributed by atoms with Crippen molar-refractivity contribution < 1.29 is 19.1 Å². The first-order valence-corrected chi connectivity index (χ1v) is 5.78. The van der Waals surface area contributed by atoms with Gasteiger partial charge in [-0.3, -0.25) is 4.79 Å². The lowest BCUT2D eigenvalue weighted by Crippen LogP contribution is -2.43. The van der Waals surface area contributed by atoms with E-state index in [2.05, 4.69) is 15.4 Å². The summed E-state index contributed by atoms with van der Waals surface area (Å²) in [6, 6.07) is -0.330. The maximum atomic E-state index is 11.5. The van der Waals surface area contributed by atoms with E-state index in [9.17, 15) is 9.59 Å². The molecule has 0 aliphatic rings. The predicted octanol–water partition coefficient (Wildman–Crippen LogP) is -0.154. The van der Waals surface area contributed by atoms with Gasteiger partial charge in [-0.2, -0.15) is 0 Å². The van der Waals surface area contributed by atoms with Gasteiger partial charge in [-0.15, -0.1) is 0 Å². The standard InChI is InChI=1S/C12H22N2O4/c1-9(12(16)18-4)5-6-13-10(2)11(15)14-7-8-17-3/h5,10,13H,6-8H2,1-4H3,(H,14,15)/b9-5-. The summed E-state index contributed by atoms with van der Waals surface area (Å²) in [5.41, 5.74) is 0.511. The highest BCUT2D eigenvalue weighted by molar-refractivity contribution is 5.87. The number of esters is 1. The van der Waals surface area contributed by atoms with Crippen molar-refractivity contribution >= 4 is 11.9 Å². The third kappa shape index (κ3) is 7.03. The number of amides is 1. The molecule has 104 valence electrons. The molecule has 0 aromatic carbocycles. The summed E-state index contributed by atoms with van der Waals surface area (Å²) in [6.07, 6.45) is 1.69. The Morgan fingerprint density at radius 3 is 2.56 bits per heavy atom. The number of ether oxygens (including phenoxy) is 2. The van der Waals surface area contributed by atoms with Crippen LogP contribution < -0.4 is 10.6 Å². The van der Waals surface area contributed by atoms with Crippen LogP contribution in [0.25, 0.3) is 0 Å². The van der Waals surface area contributed by atoms with E-state index < -0.39 is 0 Å². The summed E-state index contributed by atoms with van der Waals surface area (Å²) >= 11 is 0. The molecule has 1 amide bonds.